The fraction of sp³-hybridized carbons (Fsp3) is 0.235. The number of benzene rings is 2. The number of halogens is 2. The molecule has 1 N–H and O–H groups in total. The molecule has 0 aliphatic heterocycles. The number of anilines is 1. The summed E-state index contributed by atoms with van der Waals surface area (Å²) < 4.78 is 26.6. The molecule has 0 unspecified atom stereocenters. The van der Waals surface area contributed by atoms with E-state index in [1.54, 1.807) is 7.05 Å². The van der Waals surface area contributed by atoms with Crippen molar-refractivity contribution in [2.45, 2.75) is 13.0 Å². The van der Waals surface area contributed by atoms with Gasteiger partial charge in [-0.1, -0.05) is 30.3 Å². The summed E-state index contributed by atoms with van der Waals surface area (Å²) in [6.45, 7) is 2.05. The number of amides is 1. The molecular weight excluding hydrogens is 286 g/mol. The van der Waals surface area contributed by atoms with Gasteiger partial charge in [-0.2, -0.15) is 0 Å². The van der Waals surface area contributed by atoms with Gasteiger partial charge >= 0.3 is 0 Å². The molecule has 22 heavy (non-hydrogen) atoms. The summed E-state index contributed by atoms with van der Waals surface area (Å²) >= 11 is 0. The van der Waals surface area contributed by atoms with Crippen LogP contribution in [0.1, 0.15) is 18.5 Å². The molecule has 3 nitrogen and oxygen atoms in total. The topological polar surface area (TPSA) is 32.3 Å². The minimum absolute atomic E-state index is 0.0318. The number of nitrogens with one attached hydrogen (secondary N) is 1. The molecule has 0 aromatic heterocycles. The first-order valence-corrected chi connectivity index (χ1v) is 6.97. The monoisotopic (exact) mass is 304 g/mol. The van der Waals surface area contributed by atoms with E-state index < -0.39 is 17.5 Å². The van der Waals surface area contributed by atoms with Gasteiger partial charge in [-0.15, -0.1) is 0 Å². The van der Waals surface area contributed by atoms with Gasteiger partial charge in [-0.05, 0) is 31.7 Å². The van der Waals surface area contributed by atoms with E-state index in [1.165, 1.54) is 0 Å². The van der Waals surface area contributed by atoms with E-state index in [9.17, 15) is 13.6 Å². The SMILES string of the molecule is C[C@@H](c1ccccc1)N(C)CC(=O)Nc1cc(F)ccc1F. The summed E-state index contributed by atoms with van der Waals surface area (Å²) in [4.78, 5) is 13.8. The minimum atomic E-state index is -0.659. The van der Waals surface area contributed by atoms with Crippen LogP contribution in [0.4, 0.5) is 14.5 Å². The quantitative estimate of drug-likeness (QED) is 0.915. The van der Waals surface area contributed by atoms with Crippen LogP contribution in [0.15, 0.2) is 48.5 Å². The summed E-state index contributed by atoms with van der Waals surface area (Å²) in [6, 6.07) is 12.7. The first-order valence-electron chi connectivity index (χ1n) is 6.97. The first-order chi connectivity index (χ1) is 10.5. The second-order valence-electron chi connectivity index (χ2n) is 5.17. The normalized spacial score (nSPS) is 12.2. The summed E-state index contributed by atoms with van der Waals surface area (Å²) in [6.07, 6.45) is 0. The van der Waals surface area contributed by atoms with Gasteiger partial charge in [-0.25, -0.2) is 8.78 Å². The van der Waals surface area contributed by atoms with Crippen LogP contribution < -0.4 is 5.32 Å². The highest BCUT2D eigenvalue weighted by Gasteiger charge is 2.15. The third-order valence-corrected chi connectivity index (χ3v) is 3.54. The molecule has 2 rings (SSSR count). The number of hydrogen-bond donors (Lipinski definition) is 1. The second-order valence-corrected chi connectivity index (χ2v) is 5.17. The highest BCUT2D eigenvalue weighted by Crippen LogP contribution is 2.19. The summed E-state index contributed by atoms with van der Waals surface area (Å²) in [7, 11) is 1.80. The van der Waals surface area contributed by atoms with Gasteiger partial charge in [-0.3, -0.25) is 9.69 Å². The van der Waals surface area contributed by atoms with Crippen molar-refractivity contribution in [3.8, 4) is 0 Å². The van der Waals surface area contributed by atoms with Crippen LogP contribution in [0.2, 0.25) is 0 Å². The molecule has 1 atom stereocenters. The molecule has 116 valence electrons. The Kier molecular flexibility index (Phi) is 5.22. The Morgan fingerprint density at radius 3 is 2.55 bits per heavy atom. The Balaban J connectivity index is 1.98. The highest BCUT2D eigenvalue weighted by atomic mass is 19.1. The van der Waals surface area contributed by atoms with Crippen LogP contribution in [0.25, 0.3) is 0 Å². The number of carbonyl (C=O) groups is 1. The van der Waals surface area contributed by atoms with Crippen LogP contribution in [-0.4, -0.2) is 24.4 Å². The zero-order chi connectivity index (χ0) is 16.1. The predicted molar refractivity (Wildman–Crippen MR) is 82.5 cm³/mol. The van der Waals surface area contributed by atoms with Crippen molar-refractivity contribution < 1.29 is 13.6 Å². The molecule has 5 heteroatoms. The second kappa shape index (κ2) is 7.13. The van der Waals surface area contributed by atoms with Gasteiger partial charge in [0.1, 0.15) is 11.6 Å². The molecule has 0 radical (unpaired) electrons. The third kappa shape index (κ3) is 4.11. The highest BCUT2D eigenvalue weighted by molar-refractivity contribution is 5.92. The Morgan fingerprint density at radius 2 is 1.86 bits per heavy atom. The van der Waals surface area contributed by atoms with Crippen molar-refractivity contribution in [3.05, 3.63) is 65.7 Å². The zero-order valence-electron chi connectivity index (χ0n) is 12.5. The summed E-state index contributed by atoms with van der Waals surface area (Å²) in [5, 5.41) is 2.39. The Bertz CT molecular complexity index is 646. The minimum Gasteiger partial charge on any atom is -0.322 e. The smallest absolute Gasteiger partial charge is 0.238 e. The van der Waals surface area contributed by atoms with Gasteiger partial charge in [0, 0.05) is 12.1 Å². The lowest BCUT2D eigenvalue weighted by atomic mass is 10.1. The Morgan fingerprint density at radius 1 is 1.18 bits per heavy atom. The first kappa shape index (κ1) is 16.1. The maximum Gasteiger partial charge on any atom is 0.238 e. The molecule has 0 fully saturated rings. The Labute approximate surface area is 128 Å². The fourth-order valence-electron chi connectivity index (χ4n) is 2.13. The van der Waals surface area contributed by atoms with Gasteiger partial charge in [0.05, 0.1) is 12.2 Å². The van der Waals surface area contributed by atoms with Gasteiger partial charge in [0.2, 0.25) is 5.91 Å². The van der Waals surface area contributed by atoms with Crippen molar-refractivity contribution >= 4 is 11.6 Å². The van der Waals surface area contributed by atoms with E-state index in [0.717, 1.165) is 23.8 Å². The molecule has 0 saturated carbocycles. The molecule has 2 aromatic rings. The van der Waals surface area contributed by atoms with Crippen LogP contribution >= 0.6 is 0 Å². The average Bonchev–Trinajstić information content (AvgIpc) is 2.51. The van der Waals surface area contributed by atoms with E-state index in [-0.39, 0.29) is 18.3 Å². The van der Waals surface area contributed by atoms with Crippen molar-refractivity contribution in [2.24, 2.45) is 0 Å². The van der Waals surface area contributed by atoms with E-state index >= 15 is 0 Å². The largest absolute Gasteiger partial charge is 0.322 e. The number of hydrogen-bond acceptors (Lipinski definition) is 2. The number of likely N-dealkylation sites (N-methyl/N-ethyl adjacent to an activating group) is 1. The Hall–Kier alpha value is -2.27. The molecule has 0 heterocycles. The predicted octanol–water partition coefficient (Wildman–Crippen LogP) is 3.60. The van der Waals surface area contributed by atoms with Crippen molar-refractivity contribution in [1.29, 1.82) is 0 Å². The lowest BCUT2D eigenvalue weighted by Crippen LogP contribution is -2.32. The van der Waals surface area contributed by atoms with Crippen LogP contribution in [0.3, 0.4) is 0 Å². The zero-order valence-corrected chi connectivity index (χ0v) is 12.5. The molecule has 0 saturated heterocycles. The average molecular weight is 304 g/mol. The standard InChI is InChI=1S/C17H18F2N2O/c1-12(13-6-4-3-5-7-13)21(2)11-17(22)20-16-10-14(18)8-9-15(16)19/h3-10,12H,11H2,1-2H3,(H,20,22)/t12-/m0/s1. The molecule has 0 aliphatic rings. The molecule has 0 spiro atoms. The summed E-state index contributed by atoms with van der Waals surface area (Å²) in [5.74, 6) is -1.65. The van der Waals surface area contributed by atoms with Crippen LogP contribution in [0, 0.1) is 11.6 Å². The molecule has 0 bridgehead atoms. The number of rotatable bonds is 5. The summed E-state index contributed by atoms with van der Waals surface area (Å²) in [5.41, 5.74) is 0.931. The van der Waals surface area contributed by atoms with E-state index in [1.807, 2.05) is 42.2 Å². The van der Waals surface area contributed by atoms with Crippen molar-refractivity contribution in [3.63, 3.8) is 0 Å². The molecule has 0 aliphatic carbocycles. The van der Waals surface area contributed by atoms with Gasteiger partial charge < -0.3 is 5.32 Å². The van der Waals surface area contributed by atoms with Crippen LogP contribution in [-0.2, 0) is 4.79 Å². The molecule has 2 aromatic carbocycles. The lowest BCUT2D eigenvalue weighted by Gasteiger charge is -2.24. The van der Waals surface area contributed by atoms with Gasteiger partial charge in [0.15, 0.2) is 0 Å². The van der Waals surface area contributed by atoms with E-state index in [4.69, 9.17) is 0 Å². The van der Waals surface area contributed by atoms with Crippen molar-refractivity contribution in [2.75, 3.05) is 18.9 Å². The number of carbonyl (C=O) groups excluding carboxylic acids is 1. The van der Waals surface area contributed by atoms with Crippen LogP contribution in [0.5, 0.6) is 0 Å². The van der Waals surface area contributed by atoms with Crippen molar-refractivity contribution in [1.82, 2.24) is 4.90 Å². The maximum atomic E-state index is 13.5. The van der Waals surface area contributed by atoms with E-state index in [0.29, 0.717) is 0 Å². The molecule has 1 amide bonds. The third-order valence-electron chi connectivity index (χ3n) is 3.54. The van der Waals surface area contributed by atoms with Gasteiger partial charge in [0.25, 0.3) is 0 Å². The number of nitrogens with zero attached hydrogens (tertiary/aromatic N) is 1. The fourth-order valence-corrected chi connectivity index (χ4v) is 2.13. The van der Waals surface area contributed by atoms with E-state index in [2.05, 4.69) is 5.32 Å². The lowest BCUT2D eigenvalue weighted by molar-refractivity contribution is -0.117. The molecular formula is C17H18F2N2O. The maximum absolute atomic E-state index is 13.5.